The molecule has 1 fully saturated rings. The lowest BCUT2D eigenvalue weighted by Crippen LogP contribution is -2.41. The lowest BCUT2D eigenvalue weighted by Gasteiger charge is -2.17. The Morgan fingerprint density at radius 2 is 2.00 bits per heavy atom. The van der Waals surface area contributed by atoms with Crippen molar-refractivity contribution in [2.45, 2.75) is 38.3 Å². The number of guanidine groups is 1. The zero-order valence-corrected chi connectivity index (χ0v) is 16.4. The van der Waals surface area contributed by atoms with Crippen LogP contribution in [0.4, 0.5) is 0 Å². The van der Waals surface area contributed by atoms with Crippen LogP contribution >= 0.6 is 24.0 Å². The van der Waals surface area contributed by atoms with Crippen LogP contribution in [0.5, 0.6) is 0 Å². The molecule has 1 saturated carbocycles. The van der Waals surface area contributed by atoms with Crippen molar-refractivity contribution < 1.29 is 0 Å². The number of nitrogens with zero attached hydrogens (tertiary/aromatic N) is 2. The van der Waals surface area contributed by atoms with E-state index in [1.807, 2.05) is 31.4 Å². The molecule has 0 aliphatic heterocycles. The quantitative estimate of drug-likeness (QED) is 0.433. The lowest BCUT2D eigenvalue weighted by atomic mass is 10.1. The minimum atomic E-state index is 0. The summed E-state index contributed by atoms with van der Waals surface area (Å²) in [6.45, 7) is 0.757. The van der Waals surface area contributed by atoms with Gasteiger partial charge in [-0.2, -0.15) is 0 Å². The largest absolute Gasteiger partial charge is 0.354 e. The maximum atomic E-state index is 4.41. The second-order valence-electron chi connectivity index (χ2n) is 5.97. The van der Waals surface area contributed by atoms with Gasteiger partial charge in [-0.3, -0.25) is 9.98 Å². The zero-order chi connectivity index (χ0) is 15.9. The molecule has 0 unspecified atom stereocenters. The van der Waals surface area contributed by atoms with Crippen molar-refractivity contribution >= 4 is 29.9 Å². The van der Waals surface area contributed by atoms with E-state index in [1.54, 1.807) is 0 Å². The fourth-order valence-electron chi connectivity index (χ4n) is 3.02. The summed E-state index contributed by atoms with van der Waals surface area (Å²) in [6, 6.07) is 15.0. The highest BCUT2D eigenvalue weighted by molar-refractivity contribution is 14.0. The molecular weight excluding hydrogens is 411 g/mol. The summed E-state index contributed by atoms with van der Waals surface area (Å²) in [5, 5.41) is 6.92. The summed E-state index contributed by atoms with van der Waals surface area (Å²) in [5.74, 6) is 0.889. The Bertz CT molecular complexity index is 651. The third-order valence-corrected chi connectivity index (χ3v) is 4.27. The number of halogens is 1. The van der Waals surface area contributed by atoms with Crippen LogP contribution < -0.4 is 10.6 Å². The van der Waals surface area contributed by atoms with Crippen LogP contribution in [0.25, 0.3) is 11.3 Å². The first-order chi connectivity index (χ1) is 11.3. The molecule has 0 spiro atoms. The first kappa shape index (κ1) is 18.7. The van der Waals surface area contributed by atoms with Crippen LogP contribution in [-0.2, 0) is 6.54 Å². The number of aliphatic imine (C=N–C) groups is 1. The molecule has 3 rings (SSSR count). The summed E-state index contributed by atoms with van der Waals surface area (Å²) < 4.78 is 0. The van der Waals surface area contributed by atoms with Gasteiger partial charge in [-0.05, 0) is 36.6 Å². The van der Waals surface area contributed by atoms with Crippen molar-refractivity contribution in [2.24, 2.45) is 4.99 Å². The van der Waals surface area contributed by atoms with E-state index < -0.39 is 0 Å². The third kappa shape index (κ3) is 5.19. The van der Waals surface area contributed by atoms with E-state index >= 15 is 0 Å². The molecule has 2 N–H and O–H groups in total. The van der Waals surface area contributed by atoms with Crippen LogP contribution in [0.2, 0.25) is 0 Å². The minimum absolute atomic E-state index is 0. The summed E-state index contributed by atoms with van der Waals surface area (Å²) >= 11 is 0. The average Bonchev–Trinajstić information content (AvgIpc) is 3.13. The number of hydrogen-bond donors (Lipinski definition) is 2. The Labute approximate surface area is 161 Å². The lowest BCUT2D eigenvalue weighted by molar-refractivity contribution is 0.613. The van der Waals surface area contributed by atoms with Gasteiger partial charge in [-0.15, -0.1) is 24.0 Å². The molecule has 0 radical (unpaired) electrons. The second kappa shape index (κ2) is 9.61. The fraction of sp³-hybridized carbons (Fsp3) is 0.368. The first-order valence-electron chi connectivity index (χ1n) is 8.32. The SMILES string of the molecule is CN=C(NCc1cccc(-c2ccccn2)c1)NC1CCCC1.I. The highest BCUT2D eigenvalue weighted by atomic mass is 127. The van der Waals surface area contributed by atoms with Crippen LogP contribution in [0.15, 0.2) is 53.7 Å². The van der Waals surface area contributed by atoms with Crippen molar-refractivity contribution in [3.63, 3.8) is 0 Å². The van der Waals surface area contributed by atoms with Crippen molar-refractivity contribution in [2.75, 3.05) is 7.05 Å². The summed E-state index contributed by atoms with van der Waals surface area (Å²) in [6.07, 6.45) is 6.96. The minimum Gasteiger partial charge on any atom is -0.354 e. The number of benzene rings is 1. The van der Waals surface area contributed by atoms with E-state index in [0.717, 1.165) is 23.8 Å². The van der Waals surface area contributed by atoms with Gasteiger partial charge in [0.05, 0.1) is 5.69 Å². The number of rotatable bonds is 4. The van der Waals surface area contributed by atoms with Gasteiger partial charge in [0.2, 0.25) is 0 Å². The van der Waals surface area contributed by atoms with E-state index in [-0.39, 0.29) is 24.0 Å². The Kier molecular flexibility index (Phi) is 7.49. The highest BCUT2D eigenvalue weighted by Crippen LogP contribution is 2.18. The van der Waals surface area contributed by atoms with E-state index in [0.29, 0.717) is 6.04 Å². The molecule has 0 amide bonds. The average molecular weight is 436 g/mol. The molecule has 1 heterocycles. The van der Waals surface area contributed by atoms with Gasteiger partial charge in [0.1, 0.15) is 0 Å². The molecule has 0 atom stereocenters. The van der Waals surface area contributed by atoms with Crippen molar-refractivity contribution in [3.8, 4) is 11.3 Å². The molecule has 1 aromatic heterocycles. The van der Waals surface area contributed by atoms with Gasteiger partial charge in [0.25, 0.3) is 0 Å². The van der Waals surface area contributed by atoms with Crippen molar-refractivity contribution in [1.29, 1.82) is 0 Å². The maximum absolute atomic E-state index is 4.41. The van der Waals surface area contributed by atoms with Gasteiger partial charge in [-0.1, -0.05) is 37.1 Å². The number of aromatic nitrogens is 1. The van der Waals surface area contributed by atoms with Crippen LogP contribution in [0.3, 0.4) is 0 Å². The molecule has 4 nitrogen and oxygen atoms in total. The predicted octanol–water partition coefficient (Wildman–Crippen LogP) is 3.97. The second-order valence-corrected chi connectivity index (χ2v) is 5.97. The zero-order valence-electron chi connectivity index (χ0n) is 14.0. The Hall–Kier alpha value is -1.63. The van der Waals surface area contributed by atoms with Crippen LogP contribution in [0.1, 0.15) is 31.2 Å². The number of hydrogen-bond acceptors (Lipinski definition) is 2. The predicted molar refractivity (Wildman–Crippen MR) is 111 cm³/mol. The van der Waals surface area contributed by atoms with Gasteiger partial charge in [-0.25, -0.2) is 0 Å². The van der Waals surface area contributed by atoms with Gasteiger partial charge >= 0.3 is 0 Å². The smallest absolute Gasteiger partial charge is 0.191 e. The number of pyridine rings is 1. The standard InChI is InChI=1S/C19H24N4.HI/c1-20-19(23-17-9-2-3-10-17)22-14-15-7-6-8-16(13-15)18-11-4-5-12-21-18;/h4-8,11-13,17H,2-3,9-10,14H2,1H3,(H2,20,22,23);1H. The van der Waals surface area contributed by atoms with Gasteiger partial charge in [0, 0.05) is 31.4 Å². The normalized spacial score (nSPS) is 15.0. The van der Waals surface area contributed by atoms with Crippen molar-refractivity contribution in [1.82, 2.24) is 15.6 Å². The molecule has 1 aromatic carbocycles. The van der Waals surface area contributed by atoms with Gasteiger partial charge < -0.3 is 10.6 Å². The molecule has 128 valence electrons. The summed E-state index contributed by atoms with van der Waals surface area (Å²) in [7, 11) is 1.83. The summed E-state index contributed by atoms with van der Waals surface area (Å²) in [4.78, 5) is 8.74. The maximum Gasteiger partial charge on any atom is 0.191 e. The number of nitrogens with one attached hydrogen (secondary N) is 2. The fourth-order valence-corrected chi connectivity index (χ4v) is 3.02. The molecule has 1 aliphatic carbocycles. The highest BCUT2D eigenvalue weighted by Gasteiger charge is 2.15. The van der Waals surface area contributed by atoms with Gasteiger partial charge in [0.15, 0.2) is 5.96 Å². The molecular formula is C19H25IN4. The van der Waals surface area contributed by atoms with E-state index in [1.165, 1.54) is 31.2 Å². The van der Waals surface area contributed by atoms with E-state index in [4.69, 9.17) is 0 Å². The topological polar surface area (TPSA) is 49.3 Å². The molecule has 24 heavy (non-hydrogen) atoms. The molecule has 5 heteroatoms. The summed E-state index contributed by atoms with van der Waals surface area (Å²) in [5.41, 5.74) is 3.37. The van der Waals surface area contributed by atoms with E-state index in [2.05, 4.69) is 44.9 Å². The van der Waals surface area contributed by atoms with Crippen LogP contribution in [0, 0.1) is 0 Å². The Morgan fingerprint density at radius 1 is 1.17 bits per heavy atom. The van der Waals surface area contributed by atoms with Crippen molar-refractivity contribution in [3.05, 3.63) is 54.2 Å². The van der Waals surface area contributed by atoms with Crippen LogP contribution in [-0.4, -0.2) is 24.0 Å². The Balaban J connectivity index is 0.00000208. The monoisotopic (exact) mass is 436 g/mol. The molecule has 0 saturated heterocycles. The first-order valence-corrected chi connectivity index (χ1v) is 8.32. The third-order valence-electron chi connectivity index (χ3n) is 4.27. The molecule has 2 aromatic rings. The Morgan fingerprint density at radius 3 is 2.71 bits per heavy atom. The molecule has 1 aliphatic rings. The molecule has 0 bridgehead atoms. The van der Waals surface area contributed by atoms with E-state index in [9.17, 15) is 0 Å².